The third-order valence-electron chi connectivity index (χ3n) is 3.23. The molecule has 7 N–H and O–H groups in total. The predicted octanol–water partition coefficient (Wildman–Crippen LogP) is -3.40. The van der Waals surface area contributed by atoms with E-state index in [1.54, 1.807) is 0 Å². The van der Waals surface area contributed by atoms with Gasteiger partial charge in [0.05, 0.1) is 6.61 Å². The van der Waals surface area contributed by atoms with E-state index in [9.17, 15) is 4.79 Å². The number of hydrogen-bond donors (Lipinski definition) is 7. The maximum atomic E-state index is 10.1. The van der Waals surface area contributed by atoms with Gasteiger partial charge in [0.1, 0.15) is 30.5 Å². The van der Waals surface area contributed by atoms with Crippen LogP contribution in [0.3, 0.4) is 0 Å². The molecule has 0 aromatic rings. The Hall–Kier alpha value is -0.810. The number of aliphatic carboxylic acids is 1. The Labute approximate surface area is 115 Å². The SMILES string of the molecule is O=C(O)C1CCCN1.OC[C@H]1O[C@H](O)[C@H](O)[C@@H](O)[C@@H]1O. The normalized spacial score (nSPS) is 40.9. The van der Waals surface area contributed by atoms with Crippen LogP contribution in [0.2, 0.25) is 0 Å². The highest BCUT2D eigenvalue weighted by Gasteiger charge is 2.42. The first-order valence-electron chi connectivity index (χ1n) is 6.33. The van der Waals surface area contributed by atoms with E-state index < -0.39 is 43.3 Å². The highest BCUT2D eigenvalue weighted by atomic mass is 16.6. The summed E-state index contributed by atoms with van der Waals surface area (Å²) in [6.07, 6.45) is -5.26. The fraction of sp³-hybridized carbons (Fsp3) is 0.909. The van der Waals surface area contributed by atoms with Crippen LogP contribution in [0.5, 0.6) is 0 Å². The van der Waals surface area contributed by atoms with Crippen LogP contribution in [0.1, 0.15) is 12.8 Å². The molecule has 0 spiro atoms. The molecule has 2 rings (SSSR count). The van der Waals surface area contributed by atoms with Crippen molar-refractivity contribution in [1.29, 1.82) is 0 Å². The van der Waals surface area contributed by atoms with Gasteiger partial charge in [0.25, 0.3) is 0 Å². The van der Waals surface area contributed by atoms with Gasteiger partial charge in [-0.05, 0) is 19.4 Å². The van der Waals surface area contributed by atoms with Gasteiger partial charge in [-0.25, -0.2) is 0 Å². The van der Waals surface area contributed by atoms with Crippen molar-refractivity contribution in [2.24, 2.45) is 0 Å². The summed E-state index contributed by atoms with van der Waals surface area (Å²) in [6, 6.07) is -0.269. The van der Waals surface area contributed by atoms with E-state index in [1.807, 2.05) is 0 Å². The summed E-state index contributed by atoms with van der Waals surface area (Å²) < 4.78 is 4.58. The lowest BCUT2D eigenvalue weighted by Crippen LogP contribution is -2.58. The summed E-state index contributed by atoms with van der Waals surface area (Å²) in [5.41, 5.74) is 0. The first-order valence-corrected chi connectivity index (χ1v) is 6.33. The average Bonchev–Trinajstić information content (AvgIpc) is 2.95. The number of carbonyl (C=O) groups is 1. The van der Waals surface area contributed by atoms with Crippen LogP contribution >= 0.6 is 0 Å². The lowest BCUT2D eigenvalue weighted by atomic mass is 10.00. The van der Waals surface area contributed by atoms with Crippen LogP contribution in [-0.2, 0) is 9.53 Å². The van der Waals surface area contributed by atoms with Crippen LogP contribution in [0, 0.1) is 0 Å². The molecule has 118 valence electrons. The summed E-state index contributed by atoms with van der Waals surface area (Å²) in [4.78, 5) is 10.1. The van der Waals surface area contributed by atoms with Crippen molar-refractivity contribution in [3.63, 3.8) is 0 Å². The minimum Gasteiger partial charge on any atom is -0.480 e. The van der Waals surface area contributed by atoms with Gasteiger partial charge >= 0.3 is 5.97 Å². The largest absolute Gasteiger partial charge is 0.480 e. The van der Waals surface area contributed by atoms with Gasteiger partial charge in [0.2, 0.25) is 0 Å². The number of hydrogen-bond acceptors (Lipinski definition) is 8. The quantitative estimate of drug-likeness (QED) is 0.275. The second kappa shape index (κ2) is 7.84. The Bertz CT molecular complexity index is 304. The van der Waals surface area contributed by atoms with Crippen molar-refractivity contribution < 1.29 is 40.2 Å². The van der Waals surface area contributed by atoms with E-state index in [0.29, 0.717) is 0 Å². The van der Waals surface area contributed by atoms with Crippen LogP contribution < -0.4 is 5.32 Å². The zero-order valence-electron chi connectivity index (χ0n) is 10.8. The van der Waals surface area contributed by atoms with Crippen LogP contribution in [0.15, 0.2) is 0 Å². The van der Waals surface area contributed by atoms with Gasteiger partial charge < -0.3 is 40.7 Å². The Morgan fingerprint density at radius 2 is 1.80 bits per heavy atom. The molecule has 0 aromatic heterocycles. The lowest BCUT2D eigenvalue weighted by molar-refractivity contribution is -0.286. The van der Waals surface area contributed by atoms with E-state index in [-0.39, 0.29) is 6.04 Å². The van der Waals surface area contributed by atoms with E-state index in [0.717, 1.165) is 19.4 Å². The van der Waals surface area contributed by atoms with Crippen molar-refractivity contribution >= 4 is 5.97 Å². The van der Waals surface area contributed by atoms with E-state index in [1.165, 1.54) is 0 Å². The Morgan fingerprint density at radius 3 is 2.20 bits per heavy atom. The Morgan fingerprint density at radius 1 is 1.15 bits per heavy atom. The summed E-state index contributed by atoms with van der Waals surface area (Å²) >= 11 is 0. The molecule has 0 radical (unpaired) electrons. The molecule has 20 heavy (non-hydrogen) atoms. The van der Waals surface area contributed by atoms with Crippen LogP contribution in [0.25, 0.3) is 0 Å². The Kier molecular flexibility index (Phi) is 6.76. The molecule has 0 amide bonds. The molecule has 2 aliphatic rings. The van der Waals surface area contributed by atoms with Crippen molar-refractivity contribution in [2.75, 3.05) is 13.2 Å². The molecule has 2 aliphatic heterocycles. The van der Waals surface area contributed by atoms with E-state index in [4.69, 9.17) is 30.6 Å². The van der Waals surface area contributed by atoms with Gasteiger partial charge in [0.15, 0.2) is 6.29 Å². The molecule has 0 saturated carbocycles. The van der Waals surface area contributed by atoms with Gasteiger partial charge in [-0.3, -0.25) is 4.79 Å². The topological polar surface area (TPSA) is 160 Å². The van der Waals surface area contributed by atoms with Crippen molar-refractivity contribution in [1.82, 2.24) is 5.32 Å². The standard InChI is InChI=1S/C6H12O6.C5H9NO2/c7-1-2-3(8)4(9)5(10)6(11)12-2;7-5(8)4-2-1-3-6-4/h2-11H,1H2;4,6H,1-3H2,(H,7,8)/t2-,3-,4+,5-,6+;/m1./s1. The summed E-state index contributed by atoms with van der Waals surface area (Å²) in [5.74, 6) is -0.720. The third kappa shape index (κ3) is 4.35. The smallest absolute Gasteiger partial charge is 0.320 e. The zero-order valence-corrected chi connectivity index (χ0v) is 10.8. The highest BCUT2D eigenvalue weighted by Crippen LogP contribution is 2.18. The summed E-state index contributed by atoms with van der Waals surface area (Å²) in [6.45, 7) is 0.332. The second-order valence-electron chi connectivity index (χ2n) is 4.71. The number of aliphatic hydroxyl groups is 5. The number of carboxylic acids is 1. The molecule has 6 atom stereocenters. The maximum Gasteiger partial charge on any atom is 0.320 e. The molecule has 1 unspecified atom stereocenters. The van der Waals surface area contributed by atoms with Crippen LogP contribution in [-0.4, -0.2) is 86.5 Å². The number of nitrogens with one attached hydrogen (secondary N) is 1. The molecule has 2 saturated heterocycles. The summed E-state index contributed by atoms with van der Waals surface area (Å²) in [5, 5.41) is 55.9. The van der Waals surface area contributed by atoms with Crippen molar-refractivity contribution in [3.8, 4) is 0 Å². The van der Waals surface area contributed by atoms with Crippen LogP contribution in [0.4, 0.5) is 0 Å². The first-order chi connectivity index (χ1) is 9.38. The molecule has 2 heterocycles. The molecule has 9 heteroatoms. The molecular weight excluding hydrogens is 274 g/mol. The Balaban J connectivity index is 0.000000217. The zero-order chi connectivity index (χ0) is 15.3. The minimum absolute atomic E-state index is 0.269. The van der Waals surface area contributed by atoms with E-state index >= 15 is 0 Å². The van der Waals surface area contributed by atoms with E-state index in [2.05, 4.69) is 10.1 Å². The average molecular weight is 295 g/mol. The molecule has 0 aromatic carbocycles. The minimum atomic E-state index is -1.57. The lowest BCUT2D eigenvalue weighted by Gasteiger charge is -2.37. The van der Waals surface area contributed by atoms with Crippen molar-refractivity contribution in [2.45, 2.75) is 49.6 Å². The predicted molar refractivity (Wildman–Crippen MR) is 64.6 cm³/mol. The number of ether oxygens (including phenoxy) is 1. The van der Waals surface area contributed by atoms with Gasteiger partial charge in [0, 0.05) is 0 Å². The third-order valence-corrected chi connectivity index (χ3v) is 3.23. The monoisotopic (exact) mass is 295 g/mol. The fourth-order valence-corrected chi connectivity index (χ4v) is 1.98. The van der Waals surface area contributed by atoms with Gasteiger partial charge in [-0.15, -0.1) is 0 Å². The first kappa shape index (κ1) is 17.2. The van der Waals surface area contributed by atoms with Gasteiger partial charge in [-0.2, -0.15) is 0 Å². The molecule has 2 fully saturated rings. The number of carboxylic acid groups (broad SMARTS) is 1. The van der Waals surface area contributed by atoms with Gasteiger partial charge in [-0.1, -0.05) is 0 Å². The molecule has 0 aliphatic carbocycles. The molecule has 9 nitrogen and oxygen atoms in total. The molecular formula is C11H21NO8. The summed E-state index contributed by atoms with van der Waals surface area (Å²) in [7, 11) is 0. The second-order valence-corrected chi connectivity index (χ2v) is 4.71. The number of aliphatic hydroxyl groups excluding tert-OH is 5. The highest BCUT2D eigenvalue weighted by molar-refractivity contribution is 5.73. The fourth-order valence-electron chi connectivity index (χ4n) is 1.98. The van der Waals surface area contributed by atoms with Crippen molar-refractivity contribution in [3.05, 3.63) is 0 Å². The maximum absolute atomic E-state index is 10.1. The molecule has 0 bridgehead atoms. The number of rotatable bonds is 2.